The first-order chi connectivity index (χ1) is 14.5. The molecule has 3 rings (SSSR count). The highest BCUT2D eigenvalue weighted by atomic mass is 16.5. The Morgan fingerprint density at radius 3 is 2.43 bits per heavy atom. The third-order valence-corrected chi connectivity index (χ3v) is 4.40. The fourth-order valence-electron chi connectivity index (χ4n) is 2.77. The summed E-state index contributed by atoms with van der Waals surface area (Å²) in [6.45, 7) is 2.12. The Hall–Kier alpha value is -3.81. The Kier molecular flexibility index (Phi) is 6.69. The SMILES string of the molecule is COc1ccc(NC(=O)[C@H](C)OC(=O)c2ccc(Cn3cccn3)cc2)cc1OC. The number of hydrogen-bond donors (Lipinski definition) is 1. The zero-order chi connectivity index (χ0) is 21.5. The van der Waals surface area contributed by atoms with E-state index in [2.05, 4.69) is 10.4 Å². The largest absolute Gasteiger partial charge is 0.493 e. The van der Waals surface area contributed by atoms with Crippen LogP contribution >= 0.6 is 0 Å². The van der Waals surface area contributed by atoms with E-state index in [1.54, 1.807) is 41.2 Å². The number of ether oxygens (including phenoxy) is 3. The van der Waals surface area contributed by atoms with Crippen molar-refractivity contribution in [3.8, 4) is 11.5 Å². The maximum Gasteiger partial charge on any atom is 0.338 e. The summed E-state index contributed by atoms with van der Waals surface area (Å²) in [6, 6.07) is 13.8. The van der Waals surface area contributed by atoms with Crippen molar-refractivity contribution >= 4 is 17.6 Å². The summed E-state index contributed by atoms with van der Waals surface area (Å²) in [4.78, 5) is 24.8. The lowest BCUT2D eigenvalue weighted by atomic mass is 10.1. The average molecular weight is 409 g/mol. The van der Waals surface area contributed by atoms with E-state index < -0.39 is 18.0 Å². The maximum atomic E-state index is 12.4. The lowest BCUT2D eigenvalue weighted by Gasteiger charge is -2.15. The molecule has 8 heteroatoms. The van der Waals surface area contributed by atoms with Gasteiger partial charge in [-0.05, 0) is 42.8 Å². The second-order valence-corrected chi connectivity index (χ2v) is 6.51. The van der Waals surface area contributed by atoms with Crippen molar-refractivity contribution in [3.63, 3.8) is 0 Å². The van der Waals surface area contributed by atoms with E-state index in [9.17, 15) is 9.59 Å². The van der Waals surface area contributed by atoms with Crippen LogP contribution in [0, 0.1) is 0 Å². The van der Waals surface area contributed by atoms with E-state index in [4.69, 9.17) is 14.2 Å². The third-order valence-electron chi connectivity index (χ3n) is 4.40. The average Bonchev–Trinajstić information content (AvgIpc) is 3.27. The van der Waals surface area contributed by atoms with Gasteiger partial charge in [-0.1, -0.05) is 12.1 Å². The number of amides is 1. The number of esters is 1. The van der Waals surface area contributed by atoms with Gasteiger partial charge < -0.3 is 19.5 Å². The molecule has 3 aromatic rings. The lowest BCUT2D eigenvalue weighted by molar-refractivity contribution is -0.123. The molecule has 0 aliphatic heterocycles. The fraction of sp³-hybridized carbons (Fsp3) is 0.227. The van der Waals surface area contributed by atoms with Crippen molar-refractivity contribution in [3.05, 3.63) is 72.1 Å². The molecular weight excluding hydrogens is 386 g/mol. The predicted octanol–water partition coefficient (Wildman–Crippen LogP) is 3.13. The van der Waals surface area contributed by atoms with Crippen LogP contribution in [0.1, 0.15) is 22.8 Å². The molecule has 0 aliphatic carbocycles. The van der Waals surface area contributed by atoms with Gasteiger partial charge in [-0.25, -0.2) is 4.79 Å². The van der Waals surface area contributed by atoms with Gasteiger partial charge in [-0.15, -0.1) is 0 Å². The van der Waals surface area contributed by atoms with Crippen molar-refractivity contribution in [1.29, 1.82) is 0 Å². The smallest absolute Gasteiger partial charge is 0.338 e. The molecule has 1 N–H and O–H groups in total. The Balaban J connectivity index is 1.57. The van der Waals surface area contributed by atoms with Gasteiger partial charge in [0.2, 0.25) is 0 Å². The molecular formula is C22H23N3O5. The number of carbonyl (C=O) groups is 2. The maximum absolute atomic E-state index is 12.4. The quantitative estimate of drug-likeness (QED) is 0.575. The van der Waals surface area contributed by atoms with Gasteiger partial charge in [0, 0.05) is 24.1 Å². The Labute approximate surface area is 174 Å². The minimum absolute atomic E-state index is 0.366. The van der Waals surface area contributed by atoms with Crippen LogP contribution in [0.3, 0.4) is 0 Å². The molecule has 1 atom stereocenters. The van der Waals surface area contributed by atoms with E-state index in [0.717, 1.165) is 5.56 Å². The van der Waals surface area contributed by atoms with Crippen molar-refractivity contribution in [2.24, 2.45) is 0 Å². The molecule has 0 unspecified atom stereocenters. The number of hydrogen-bond acceptors (Lipinski definition) is 6. The molecule has 0 radical (unpaired) electrons. The number of carbonyl (C=O) groups excluding carboxylic acids is 2. The van der Waals surface area contributed by atoms with Crippen molar-refractivity contribution < 1.29 is 23.8 Å². The van der Waals surface area contributed by atoms with E-state index in [0.29, 0.717) is 29.3 Å². The molecule has 0 aliphatic rings. The number of nitrogens with one attached hydrogen (secondary N) is 1. The summed E-state index contributed by atoms with van der Waals surface area (Å²) in [7, 11) is 3.04. The highest BCUT2D eigenvalue weighted by molar-refractivity contribution is 5.97. The molecule has 2 aromatic carbocycles. The molecule has 0 fully saturated rings. The van der Waals surface area contributed by atoms with E-state index in [-0.39, 0.29) is 0 Å². The standard InChI is InChI=1S/C22H23N3O5/c1-15(21(26)24-18-9-10-19(28-2)20(13-18)29-3)30-22(27)17-7-5-16(6-8-17)14-25-12-4-11-23-25/h4-13,15H,14H2,1-3H3,(H,24,26)/t15-/m0/s1. The molecule has 156 valence electrons. The Morgan fingerprint density at radius 2 is 1.80 bits per heavy atom. The molecule has 1 amide bonds. The van der Waals surface area contributed by atoms with Crippen LogP contribution in [0.25, 0.3) is 0 Å². The molecule has 1 aromatic heterocycles. The normalized spacial score (nSPS) is 11.4. The summed E-state index contributed by atoms with van der Waals surface area (Å²) in [6.07, 6.45) is 2.59. The molecule has 0 saturated heterocycles. The first-order valence-electron chi connectivity index (χ1n) is 9.30. The highest BCUT2D eigenvalue weighted by Gasteiger charge is 2.19. The monoisotopic (exact) mass is 409 g/mol. The van der Waals surface area contributed by atoms with Crippen LogP contribution in [0.4, 0.5) is 5.69 Å². The van der Waals surface area contributed by atoms with Gasteiger partial charge >= 0.3 is 5.97 Å². The lowest BCUT2D eigenvalue weighted by Crippen LogP contribution is -2.30. The van der Waals surface area contributed by atoms with Gasteiger partial charge in [0.25, 0.3) is 5.91 Å². The molecule has 0 bridgehead atoms. The number of nitrogens with zero attached hydrogens (tertiary/aromatic N) is 2. The summed E-state index contributed by atoms with van der Waals surface area (Å²) >= 11 is 0. The van der Waals surface area contributed by atoms with Gasteiger partial charge in [-0.3, -0.25) is 9.48 Å². The summed E-state index contributed by atoms with van der Waals surface area (Å²) < 4.78 is 17.5. The second kappa shape index (κ2) is 9.60. The van der Waals surface area contributed by atoms with Gasteiger partial charge in [0.05, 0.1) is 26.3 Å². The summed E-state index contributed by atoms with van der Waals surface area (Å²) in [5.74, 6) is 0.00241. The number of anilines is 1. The molecule has 0 saturated carbocycles. The van der Waals surface area contributed by atoms with Crippen LogP contribution in [-0.2, 0) is 16.1 Å². The minimum atomic E-state index is -0.977. The molecule has 1 heterocycles. The summed E-state index contributed by atoms with van der Waals surface area (Å²) in [5.41, 5.74) is 1.86. The minimum Gasteiger partial charge on any atom is -0.493 e. The zero-order valence-corrected chi connectivity index (χ0v) is 17.0. The van der Waals surface area contributed by atoms with Crippen LogP contribution < -0.4 is 14.8 Å². The number of aromatic nitrogens is 2. The Bertz CT molecular complexity index is 1000. The first kappa shape index (κ1) is 20.9. The van der Waals surface area contributed by atoms with Gasteiger partial charge in [-0.2, -0.15) is 5.10 Å². The van der Waals surface area contributed by atoms with Crippen LogP contribution in [-0.4, -0.2) is 42.0 Å². The van der Waals surface area contributed by atoms with Gasteiger partial charge in [0.15, 0.2) is 17.6 Å². The number of rotatable bonds is 8. The molecule has 30 heavy (non-hydrogen) atoms. The van der Waals surface area contributed by atoms with Crippen LogP contribution in [0.15, 0.2) is 60.9 Å². The third kappa shape index (κ3) is 5.16. The molecule has 8 nitrogen and oxygen atoms in total. The fourth-order valence-corrected chi connectivity index (χ4v) is 2.77. The molecule has 0 spiro atoms. The number of methoxy groups -OCH3 is 2. The van der Waals surface area contributed by atoms with Crippen molar-refractivity contribution in [2.45, 2.75) is 19.6 Å². The van der Waals surface area contributed by atoms with E-state index >= 15 is 0 Å². The van der Waals surface area contributed by atoms with Crippen molar-refractivity contribution in [1.82, 2.24) is 9.78 Å². The van der Waals surface area contributed by atoms with Crippen molar-refractivity contribution in [2.75, 3.05) is 19.5 Å². The highest BCUT2D eigenvalue weighted by Crippen LogP contribution is 2.29. The Morgan fingerprint density at radius 1 is 1.07 bits per heavy atom. The first-order valence-corrected chi connectivity index (χ1v) is 9.30. The van der Waals surface area contributed by atoms with E-state index in [1.165, 1.54) is 21.1 Å². The zero-order valence-electron chi connectivity index (χ0n) is 17.0. The number of benzene rings is 2. The topological polar surface area (TPSA) is 91.7 Å². The summed E-state index contributed by atoms with van der Waals surface area (Å²) in [5, 5.41) is 6.85. The van der Waals surface area contributed by atoms with E-state index in [1.807, 2.05) is 24.4 Å². The van der Waals surface area contributed by atoms with Gasteiger partial charge in [0.1, 0.15) is 0 Å². The predicted molar refractivity (Wildman–Crippen MR) is 111 cm³/mol. The second-order valence-electron chi connectivity index (χ2n) is 6.51. The van der Waals surface area contributed by atoms with Crippen LogP contribution in [0.2, 0.25) is 0 Å². The van der Waals surface area contributed by atoms with Crippen LogP contribution in [0.5, 0.6) is 11.5 Å².